The first-order valence-corrected chi connectivity index (χ1v) is 1.95. The fraction of sp³-hybridized carbons (Fsp3) is 0.400. The number of aliphatic imine (C=N–C) groups is 1. The molecule has 0 aromatic rings. The van der Waals surface area contributed by atoms with Crippen molar-refractivity contribution in [3.8, 4) is 0 Å². The summed E-state index contributed by atoms with van der Waals surface area (Å²) in [5.41, 5.74) is 0. The quantitative estimate of drug-likeness (QED) is 0.423. The first-order valence-electron chi connectivity index (χ1n) is 1.95. The lowest BCUT2D eigenvalue weighted by molar-refractivity contribution is 1.47. The predicted octanol–water partition coefficient (Wildman–Crippen LogP) is 1.26. The summed E-state index contributed by atoms with van der Waals surface area (Å²) in [6, 6.07) is 0. The highest BCUT2D eigenvalue weighted by Gasteiger charge is 1.49. The maximum absolute atomic E-state index is 3.71. The van der Waals surface area contributed by atoms with E-state index in [1.807, 2.05) is 19.1 Å². The van der Waals surface area contributed by atoms with Crippen molar-refractivity contribution in [1.82, 2.24) is 0 Å². The van der Waals surface area contributed by atoms with Crippen LogP contribution in [-0.2, 0) is 0 Å². The molecule has 0 fully saturated rings. The van der Waals surface area contributed by atoms with Gasteiger partial charge in [-0.3, -0.25) is 4.99 Å². The number of nitrogens with zero attached hydrogens (tertiary/aromatic N) is 1. The van der Waals surface area contributed by atoms with E-state index in [0.717, 1.165) is 0 Å². The lowest BCUT2D eigenvalue weighted by Gasteiger charge is -1.63. The second-order valence-corrected chi connectivity index (χ2v) is 0.933. The Hall–Kier alpha value is -0.590. The Morgan fingerprint density at radius 2 is 2.17 bits per heavy atom. The SMILES string of the molecule is C/C=C\C=N/C. The Labute approximate surface area is 38.4 Å². The fourth-order valence-electron chi connectivity index (χ4n) is 0.172. The molecule has 0 rings (SSSR count). The van der Waals surface area contributed by atoms with E-state index in [9.17, 15) is 0 Å². The summed E-state index contributed by atoms with van der Waals surface area (Å²) < 4.78 is 0. The third-order valence-electron chi connectivity index (χ3n) is 0.428. The molecule has 0 saturated carbocycles. The van der Waals surface area contributed by atoms with Gasteiger partial charge in [-0.2, -0.15) is 0 Å². The molecule has 0 bridgehead atoms. The zero-order chi connectivity index (χ0) is 4.83. The van der Waals surface area contributed by atoms with Crippen LogP contribution in [0.2, 0.25) is 0 Å². The van der Waals surface area contributed by atoms with Crippen LogP contribution in [0.25, 0.3) is 0 Å². The minimum Gasteiger partial charge on any atom is -0.297 e. The zero-order valence-corrected chi connectivity index (χ0v) is 4.18. The van der Waals surface area contributed by atoms with E-state index < -0.39 is 0 Å². The molecule has 34 valence electrons. The van der Waals surface area contributed by atoms with E-state index in [1.165, 1.54) is 0 Å². The monoisotopic (exact) mass is 83.1 g/mol. The molecule has 0 aromatic carbocycles. The van der Waals surface area contributed by atoms with E-state index in [0.29, 0.717) is 0 Å². The average Bonchev–Trinajstić information content (AvgIpc) is 1.61. The Balaban J connectivity index is 3.07. The summed E-state index contributed by atoms with van der Waals surface area (Å²) in [5, 5.41) is 0. The van der Waals surface area contributed by atoms with Gasteiger partial charge in [0.2, 0.25) is 0 Å². The molecular formula is C5H9N. The third kappa shape index (κ3) is 3.41. The van der Waals surface area contributed by atoms with Crippen LogP contribution in [0.4, 0.5) is 0 Å². The number of allylic oxidation sites excluding steroid dienone is 2. The lowest BCUT2D eigenvalue weighted by atomic mass is 10.6. The molecule has 0 aromatic heterocycles. The van der Waals surface area contributed by atoms with Gasteiger partial charge in [0.1, 0.15) is 0 Å². The molecule has 0 N–H and O–H groups in total. The smallest absolute Gasteiger partial charge is 0.0277 e. The minimum absolute atomic E-state index is 1.75. The molecule has 0 radical (unpaired) electrons. The topological polar surface area (TPSA) is 12.4 Å². The molecule has 1 nitrogen and oxygen atoms in total. The molecule has 0 spiro atoms. The predicted molar refractivity (Wildman–Crippen MR) is 29.2 cm³/mol. The Morgan fingerprint density at radius 1 is 1.50 bits per heavy atom. The normalized spacial score (nSPS) is 11.7. The molecule has 0 aliphatic carbocycles. The van der Waals surface area contributed by atoms with E-state index >= 15 is 0 Å². The lowest BCUT2D eigenvalue weighted by Crippen LogP contribution is -1.56. The Bertz CT molecular complexity index is 52.3. The van der Waals surface area contributed by atoms with Gasteiger partial charge in [-0.05, 0) is 13.0 Å². The van der Waals surface area contributed by atoms with Gasteiger partial charge in [0.15, 0.2) is 0 Å². The second kappa shape index (κ2) is 4.41. The molecule has 0 amide bonds. The van der Waals surface area contributed by atoms with Gasteiger partial charge in [0.05, 0.1) is 0 Å². The van der Waals surface area contributed by atoms with Crippen LogP contribution >= 0.6 is 0 Å². The van der Waals surface area contributed by atoms with Crippen molar-refractivity contribution in [2.75, 3.05) is 7.05 Å². The molecule has 0 atom stereocenters. The largest absolute Gasteiger partial charge is 0.297 e. The van der Waals surface area contributed by atoms with Crippen LogP contribution in [-0.4, -0.2) is 13.3 Å². The van der Waals surface area contributed by atoms with Gasteiger partial charge in [0.25, 0.3) is 0 Å². The highest BCUT2D eigenvalue weighted by atomic mass is 14.6. The maximum Gasteiger partial charge on any atom is 0.0277 e. The van der Waals surface area contributed by atoms with Crippen molar-refractivity contribution in [1.29, 1.82) is 0 Å². The van der Waals surface area contributed by atoms with Gasteiger partial charge in [-0.1, -0.05) is 6.08 Å². The van der Waals surface area contributed by atoms with E-state index in [2.05, 4.69) is 4.99 Å². The maximum atomic E-state index is 3.71. The Kier molecular flexibility index (Phi) is 3.98. The van der Waals surface area contributed by atoms with E-state index in [-0.39, 0.29) is 0 Å². The van der Waals surface area contributed by atoms with Gasteiger partial charge >= 0.3 is 0 Å². The summed E-state index contributed by atoms with van der Waals surface area (Å²) in [4.78, 5) is 3.71. The molecule has 0 aliphatic rings. The van der Waals surface area contributed by atoms with Crippen LogP contribution < -0.4 is 0 Å². The molecule has 0 aliphatic heterocycles. The highest BCUT2D eigenvalue weighted by molar-refractivity contribution is 5.70. The van der Waals surface area contributed by atoms with Crippen LogP contribution in [0.15, 0.2) is 17.1 Å². The number of hydrogen-bond donors (Lipinski definition) is 0. The second-order valence-electron chi connectivity index (χ2n) is 0.933. The summed E-state index contributed by atoms with van der Waals surface area (Å²) in [6.07, 6.45) is 5.58. The third-order valence-corrected chi connectivity index (χ3v) is 0.428. The first-order chi connectivity index (χ1) is 2.91. The summed E-state index contributed by atoms with van der Waals surface area (Å²) in [6.45, 7) is 1.96. The highest BCUT2D eigenvalue weighted by Crippen LogP contribution is 1.60. The van der Waals surface area contributed by atoms with Crippen molar-refractivity contribution in [3.05, 3.63) is 12.2 Å². The fourth-order valence-corrected chi connectivity index (χ4v) is 0.172. The molecular weight excluding hydrogens is 74.1 g/mol. The van der Waals surface area contributed by atoms with Crippen molar-refractivity contribution in [3.63, 3.8) is 0 Å². The van der Waals surface area contributed by atoms with Gasteiger partial charge in [0, 0.05) is 13.3 Å². The van der Waals surface area contributed by atoms with Crippen LogP contribution in [0.3, 0.4) is 0 Å². The number of rotatable bonds is 1. The van der Waals surface area contributed by atoms with Crippen molar-refractivity contribution >= 4 is 6.21 Å². The average molecular weight is 83.1 g/mol. The zero-order valence-electron chi connectivity index (χ0n) is 4.18. The van der Waals surface area contributed by atoms with Crippen LogP contribution in [0.5, 0.6) is 0 Å². The molecule has 6 heavy (non-hydrogen) atoms. The summed E-state index contributed by atoms with van der Waals surface area (Å²) in [5.74, 6) is 0. The van der Waals surface area contributed by atoms with Crippen molar-refractivity contribution in [2.45, 2.75) is 6.92 Å². The standard InChI is InChI=1S/C5H9N/c1-3-4-5-6-2/h3-5H,1-2H3/b4-3-,6-5-. The van der Waals surface area contributed by atoms with E-state index in [1.54, 1.807) is 13.3 Å². The van der Waals surface area contributed by atoms with Crippen molar-refractivity contribution < 1.29 is 0 Å². The van der Waals surface area contributed by atoms with Crippen LogP contribution in [0, 0.1) is 0 Å². The molecule has 0 heterocycles. The van der Waals surface area contributed by atoms with Crippen LogP contribution in [0.1, 0.15) is 6.92 Å². The molecule has 0 unspecified atom stereocenters. The Morgan fingerprint density at radius 3 is 2.33 bits per heavy atom. The minimum atomic E-state index is 1.75. The van der Waals surface area contributed by atoms with E-state index in [4.69, 9.17) is 0 Å². The first kappa shape index (κ1) is 5.41. The summed E-state index contributed by atoms with van der Waals surface area (Å²) >= 11 is 0. The molecule has 1 heteroatoms. The van der Waals surface area contributed by atoms with Gasteiger partial charge in [-0.15, -0.1) is 0 Å². The summed E-state index contributed by atoms with van der Waals surface area (Å²) in [7, 11) is 1.75. The molecule has 0 saturated heterocycles. The van der Waals surface area contributed by atoms with Crippen molar-refractivity contribution in [2.24, 2.45) is 4.99 Å². The van der Waals surface area contributed by atoms with Gasteiger partial charge in [-0.25, -0.2) is 0 Å². The van der Waals surface area contributed by atoms with Gasteiger partial charge < -0.3 is 0 Å². The number of hydrogen-bond acceptors (Lipinski definition) is 1.